The quantitative estimate of drug-likeness (QED) is 0.824. The summed E-state index contributed by atoms with van der Waals surface area (Å²) >= 11 is 0. The third-order valence-corrected chi connectivity index (χ3v) is 5.96. The van der Waals surface area contributed by atoms with Crippen molar-refractivity contribution in [3.63, 3.8) is 0 Å². The number of amides is 1. The molecule has 1 spiro atoms. The van der Waals surface area contributed by atoms with Crippen LogP contribution in [0.15, 0.2) is 24.3 Å². The summed E-state index contributed by atoms with van der Waals surface area (Å²) in [5.74, 6) is -0.190. The molecule has 1 atom stereocenters. The second-order valence-corrected chi connectivity index (χ2v) is 7.95. The Labute approximate surface area is 155 Å². The van der Waals surface area contributed by atoms with Crippen molar-refractivity contribution in [1.29, 1.82) is 0 Å². The number of methoxy groups -OCH3 is 1. The van der Waals surface area contributed by atoms with Crippen LogP contribution in [0.1, 0.15) is 33.1 Å². The van der Waals surface area contributed by atoms with E-state index in [0.29, 0.717) is 19.7 Å². The minimum absolute atomic E-state index is 0.0350. The van der Waals surface area contributed by atoms with Gasteiger partial charge in [0.1, 0.15) is 11.4 Å². The predicted octanol–water partition coefficient (Wildman–Crippen LogP) is 2.84. The van der Waals surface area contributed by atoms with Crippen molar-refractivity contribution < 1.29 is 18.7 Å². The summed E-state index contributed by atoms with van der Waals surface area (Å²) in [6, 6.07) is 6.83. The Morgan fingerprint density at radius 2 is 1.92 bits per heavy atom. The molecule has 0 N–H and O–H groups in total. The number of likely N-dealkylation sites (tertiary alicyclic amines) is 1. The highest BCUT2D eigenvalue weighted by Gasteiger charge is 2.45. The molecule has 0 saturated carbocycles. The van der Waals surface area contributed by atoms with Crippen molar-refractivity contribution in [2.45, 2.75) is 50.4 Å². The molecule has 2 heterocycles. The summed E-state index contributed by atoms with van der Waals surface area (Å²) in [4.78, 5) is 16.6. The summed E-state index contributed by atoms with van der Waals surface area (Å²) in [6.45, 7) is 5.65. The van der Waals surface area contributed by atoms with Gasteiger partial charge in [-0.15, -0.1) is 0 Å². The molecule has 1 aromatic rings. The zero-order valence-corrected chi connectivity index (χ0v) is 16.1. The van der Waals surface area contributed by atoms with E-state index in [1.54, 1.807) is 33.1 Å². The largest absolute Gasteiger partial charge is 0.373 e. The maximum Gasteiger partial charge on any atom is 0.254 e. The second kappa shape index (κ2) is 7.16. The lowest BCUT2D eigenvalue weighted by Gasteiger charge is -2.41. The molecule has 1 aromatic carbocycles. The van der Waals surface area contributed by atoms with E-state index >= 15 is 0 Å². The third kappa shape index (κ3) is 3.71. The molecular weight excluding hydrogens is 335 g/mol. The highest BCUT2D eigenvalue weighted by atomic mass is 19.1. The van der Waals surface area contributed by atoms with Crippen LogP contribution in [0.5, 0.6) is 0 Å². The molecule has 0 bridgehead atoms. The number of carbonyl (C=O) groups is 1. The monoisotopic (exact) mass is 364 g/mol. The number of halogens is 1. The van der Waals surface area contributed by atoms with Crippen molar-refractivity contribution in [2.24, 2.45) is 0 Å². The Morgan fingerprint density at radius 1 is 1.31 bits per heavy atom. The fraction of sp³-hybridized carbons (Fsp3) is 0.650. The molecule has 26 heavy (non-hydrogen) atoms. The normalized spacial score (nSPS) is 22.7. The molecule has 0 aliphatic carbocycles. The lowest BCUT2D eigenvalue weighted by molar-refractivity contribution is -0.155. The predicted molar refractivity (Wildman–Crippen MR) is 98.8 cm³/mol. The molecule has 2 saturated heterocycles. The van der Waals surface area contributed by atoms with Crippen LogP contribution in [0.3, 0.4) is 0 Å². The summed E-state index contributed by atoms with van der Waals surface area (Å²) in [6.07, 6.45) is 2.61. The molecule has 1 unspecified atom stereocenters. The van der Waals surface area contributed by atoms with E-state index in [0.717, 1.165) is 24.9 Å². The Morgan fingerprint density at radius 3 is 2.50 bits per heavy atom. The topological polar surface area (TPSA) is 42.0 Å². The number of rotatable bonds is 4. The number of carbonyl (C=O) groups excluding carboxylic acids is 1. The minimum atomic E-state index is -0.785. The Kier molecular flexibility index (Phi) is 5.26. The van der Waals surface area contributed by atoms with Crippen molar-refractivity contribution in [2.75, 3.05) is 38.8 Å². The average molecular weight is 364 g/mol. The molecule has 2 fully saturated rings. The average Bonchev–Trinajstić information content (AvgIpc) is 3.05. The molecule has 5 nitrogen and oxygen atoms in total. The van der Waals surface area contributed by atoms with Crippen LogP contribution in [0.25, 0.3) is 0 Å². The summed E-state index contributed by atoms with van der Waals surface area (Å²) < 4.78 is 24.7. The van der Waals surface area contributed by atoms with Gasteiger partial charge in [0.2, 0.25) is 0 Å². The van der Waals surface area contributed by atoms with Gasteiger partial charge in [-0.3, -0.25) is 4.79 Å². The van der Waals surface area contributed by atoms with Crippen LogP contribution < -0.4 is 4.90 Å². The van der Waals surface area contributed by atoms with Gasteiger partial charge >= 0.3 is 0 Å². The molecule has 0 aromatic heterocycles. The number of anilines is 1. The molecular formula is C20H29FN2O3. The van der Waals surface area contributed by atoms with Gasteiger partial charge in [-0.1, -0.05) is 0 Å². The van der Waals surface area contributed by atoms with Gasteiger partial charge in [0, 0.05) is 32.9 Å². The van der Waals surface area contributed by atoms with Gasteiger partial charge in [0.25, 0.3) is 5.91 Å². The number of ether oxygens (including phenoxy) is 2. The Hall–Kier alpha value is -1.66. The highest BCUT2D eigenvalue weighted by molar-refractivity contribution is 5.84. The number of likely N-dealkylation sites (N-methyl/N-ethyl adjacent to an activating group) is 1. The van der Waals surface area contributed by atoms with Gasteiger partial charge < -0.3 is 19.3 Å². The first-order valence-corrected chi connectivity index (χ1v) is 9.23. The van der Waals surface area contributed by atoms with E-state index in [1.165, 1.54) is 12.1 Å². The fourth-order valence-corrected chi connectivity index (χ4v) is 3.89. The number of nitrogens with zero attached hydrogens (tertiary/aromatic N) is 2. The van der Waals surface area contributed by atoms with E-state index in [-0.39, 0.29) is 23.4 Å². The van der Waals surface area contributed by atoms with Crippen molar-refractivity contribution >= 4 is 11.6 Å². The lowest BCUT2D eigenvalue weighted by Crippen LogP contribution is -2.53. The van der Waals surface area contributed by atoms with E-state index in [2.05, 4.69) is 4.90 Å². The fourth-order valence-electron chi connectivity index (χ4n) is 3.89. The van der Waals surface area contributed by atoms with Gasteiger partial charge in [0.15, 0.2) is 0 Å². The van der Waals surface area contributed by atoms with Crippen LogP contribution >= 0.6 is 0 Å². The SMILES string of the molecule is COC(C)(C)C(=O)N1CCC2(CC1)CC(N(C)c1ccc(F)cc1)CO2. The lowest BCUT2D eigenvalue weighted by atomic mass is 9.86. The van der Waals surface area contributed by atoms with E-state index in [1.807, 2.05) is 11.9 Å². The first kappa shape index (κ1) is 19.1. The summed E-state index contributed by atoms with van der Waals surface area (Å²) in [5.41, 5.74) is 0.0470. The number of benzene rings is 1. The second-order valence-electron chi connectivity index (χ2n) is 7.95. The van der Waals surface area contributed by atoms with Crippen molar-refractivity contribution in [3.05, 3.63) is 30.1 Å². The van der Waals surface area contributed by atoms with Crippen LogP contribution in [-0.4, -0.2) is 61.9 Å². The molecule has 3 rings (SSSR count). The van der Waals surface area contributed by atoms with Gasteiger partial charge in [-0.05, 0) is 57.4 Å². The molecule has 2 aliphatic heterocycles. The first-order chi connectivity index (χ1) is 12.3. The van der Waals surface area contributed by atoms with E-state index < -0.39 is 5.60 Å². The van der Waals surface area contributed by atoms with Crippen LogP contribution in [0, 0.1) is 5.82 Å². The zero-order valence-electron chi connectivity index (χ0n) is 16.1. The highest BCUT2D eigenvalue weighted by Crippen LogP contribution is 2.38. The maximum atomic E-state index is 13.1. The number of hydrogen-bond acceptors (Lipinski definition) is 4. The van der Waals surface area contributed by atoms with Gasteiger partial charge in [0.05, 0.1) is 18.2 Å². The molecule has 144 valence electrons. The third-order valence-electron chi connectivity index (χ3n) is 5.96. The standard InChI is InChI=1S/C20H29FN2O3/c1-19(2,25-4)18(24)23-11-9-20(10-12-23)13-17(14-26-20)22(3)16-7-5-15(21)6-8-16/h5-8,17H,9-14H2,1-4H3. The van der Waals surface area contributed by atoms with Crippen LogP contribution in [-0.2, 0) is 14.3 Å². The Bertz CT molecular complexity index is 639. The van der Waals surface area contributed by atoms with Crippen LogP contribution in [0.2, 0.25) is 0 Å². The maximum absolute atomic E-state index is 13.1. The minimum Gasteiger partial charge on any atom is -0.373 e. The number of hydrogen-bond donors (Lipinski definition) is 0. The molecule has 0 radical (unpaired) electrons. The molecule has 6 heteroatoms. The van der Waals surface area contributed by atoms with E-state index in [4.69, 9.17) is 9.47 Å². The smallest absolute Gasteiger partial charge is 0.254 e. The van der Waals surface area contributed by atoms with Crippen molar-refractivity contribution in [1.82, 2.24) is 4.90 Å². The van der Waals surface area contributed by atoms with E-state index in [9.17, 15) is 9.18 Å². The first-order valence-electron chi connectivity index (χ1n) is 9.23. The molecule has 1 amide bonds. The van der Waals surface area contributed by atoms with Crippen molar-refractivity contribution in [3.8, 4) is 0 Å². The Balaban J connectivity index is 1.59. The van der Waals surface area contributed by atoms with Crippen LogP contribution in [0.4, 0.5) is 10.1 Å². The summed E-state index contributed by atoms with van der Waals surface area (Å²) in [5, 5.41) is 0. The number of piperidine rings is 1. The summed E-state index contributed by atoms with van der Waals surface area (Å²) in [7, 11) is 3.60. The zero-order chi connectivity index (χ0) is 18.9. The van der Waals surface area contributed by atoms with Gasteiger partial charge in [-0.2, -0.15) is 0 Å². The molecule has 2 aliphatic rings. The van der Waals surface area contributed by atoms with Gasteiger partial charge in [-0.25, -0.2) is 4.39 Å².